The van der Waals surface area contributed by atoms with Crippen LogP contribution in [-0.4, -0.2) is 31.7 Å². The zero-order valence-electron chi connectivity index (χ0n) is 14.8. The number of rotatable bonds is 4. The third kappa shape index (κ3) is 4.51. The van der Waals surface area contributed by atoms with E-state index in [0.717, 1.165) is 25.0 Å². The Morgan fingerprint density at radius 2 is 1.74 bits per heavy atom. The van der Waals surface area contributed by atoms with E-state index in [4.69, 9.17) is 0 Å². The number of amides is 1. The van der Waals surface area contributed by atoms with E-state index in [-0.39, 0.29) is 10.5 Å². The minimum Gasteiger partial charge on any atom is -0.322 e. The summed E-state index contributed by atoms with van der Waals surface area (Å²) in [6, 6.07) is 8.26. The lowest BCUT2D eigenvalue weighted by Gasteiger charge is -2.30. The number of hydrogen-bond donors (Lipinski definition) is 1. The van der Waals surface area contributed by atoms with Crippen LogP contribution in [0.4, 0.5) is 14.5 Å². The first-order valence-electron chi connectivity index (χ1n) is 8.63. The third-order valence-electron chi connectivity index (χ3n) is 4.49. The molecule has 1 amide bonds. The van der Waals surface area contributed by atoms with Gasteiger partial charge in [-0.3, -0.25) is 4.79 Å². The fraction of sp³-hybridized carbons (Fsp3) is 0.316. The van der Waals surface area contributed by atoms with E-state index < -0.39 is 27.6 Å². The molecule has 0 bridgehead atoms. The summed E-state index contributed by atoms with van der Waals surface area (Å²) in [4.78, 5) is 12.3. The van der Waals surface area contributed by atoms with Crippen LogP contribution in [-0.2, 0) is 10.0 Å². The van der Waals surface area contributed by atoms with Crippen LogP contribution in [0, 0.1) is 17.6 Å². The lowest BCUT2D eigenvalue weighted by Crippen LogP contribution is -2.39. The summed E-state index contributed by atoms with van der Waals surface area (Å²) in [7, 11) is -3.58. The third-order valence-corrected chi connectivity index (χ3v) is 6.37. The predicted molar refractivity (Wildman–Crippen MR) is 97.9 cm³/mol. The maximum Gasteiger partial charge on any atom is 0.255 e. The van der Waals surface area contributed by atoms with Crippen molar-refractivity contribution >= 4 is 21.6 Å². The Kier molecular flexibility index (Phi) is 5.57. The van der Waals surface area contributed by atoms with Crippen LogP contribution in [0.25, 0.3) is 0 Å². The van der Waals surface area contributed by atoms with Crippen molar-refractivity contribution in [3.63, 3.8) is 0 Å². The molecule has 3 rings (SSSR count). The maximum atomic E-state index is 13.2. The van der Waals surface area contributed by atoms with Crippen LogP contribution in [0.2, 0.25) is 0 Å². The zero-order valence-corrected chi connectivity index (χ0v) is 15.6. The summed E-state index contributed by atoms with van der Waals surface area (Å²) in [5.41, 5.74) is 0.169. The number of halogens is 2. The molecule has 0 radical (unpaired) electrons. The minimum atomic E-state index is -3.58. The molecule has 5 nitrogen and oxygen atoms in total. The minimum absolute atomic E-state index is 0.145. The molecule has 1 atom stereocenters. The second-order valence-electron chi connectivity index (χ2n) is 6.75. The Hall–Kier alpha value is -2.32. The van der Waals surface area contributed by atoms with Gasteiger partial charge in [0.25, 0.3) is 5.91 Å². The van der Waals surface area contributed by atoms with Crippen molar-refractivity contribution in [2.24, 2.45) is 5.92 Å². The number of carbonyl (C=O) groups excluding carboxylic acids is 1. The maximum absolute atomic E-state index is 13.2. The van der Waals surface area contributed by atoms with Gasteiger partial charge in [-0.2, -0.15) is 4.31 Å². The van der Waals surface area contributed by atoms with Crippen molar-refractivity contribution < 1.29 is 22.0 Å². The first-order chi connectivity index (χ1) is 12.8. The highest BCUT2D eigenvalue weighted by Crippen LogP contribution is 2.24. The molecule has 8 heteroatoms. The molecule has 0 saturated carbocycles. The predicted octanol–water partition coefficient (Wildman–Crippen LogP) is 3.64. The Balaban J connectivity index is 1.74. The van der Waals surface area contributed by atoms with Gasteiger partial charge >= 0.3 is 0 Å². The summed E-state index contributed by atoms with van der Waals surface area (Å²) in [6.45, 7) is 3.01. The van der Waals surface area contributed by atoms with Gasteiger partial charge in [0.2, 0.25) is 10.0 Å². The second kappa shape index (κ2) is 7.74. The van der Waals surface area contributed by atoms with Crippen LogP contribution in [0.5, 0.6) is 0 Å². The molecular weight excluding hydrogens is 374 g/mol. The van der Waals surface area contributed by atoms with Crippen molar-refractivity contribution in [1.29, 1.82) is 0 Å². The molecule has 2 aromatic rings. The average molecular weight is 394 g/mol. The van der Waals surface area contributed by atoms with E-state index in [9.17, 15) is 22.0 Å². The lowest BCUT2D eigenvalue weighted by molar-refractivity contribution is 0.102. The number of hydrogen-bond acceptors (Lipinski definition) is 3. The molecule has 1 aliphatic heterocycles. The molecular formula is C19H20F2N2O3S. The topological polar surface area (TPSA) is 66.5 Å². The van der Waals surface area contributed by atoms with Gasteiger partial charge in [-0.15, -0.1) is 0 Å². The Morgan fingerprint density at radius 1 is 1.11 bits per heavy atom. The molecule has 1 saturated heterocycles. The van der Waals surface area contributed by atoms with E-state index in [0.29, 0.717) is 30.8 Å². The molecule has 1 fully saturated rings. The zero-order chi connectivity index (χ0) is 19.6. The van der Waals surface area contributed by atoms with Gasteiger partial charge in [0, 0.05) is 30.4 Å². The SMILES string of the molecule is CC1CCCN(S(=O)(=O)c2ccc(NC(=O)c3cc(F)cc(F)c3)cc2)C1. The lowest BCUT2D eigenvalue weighted by atomic mass is 10.0. The van der Waals surface area contributed by atoms with Crippen molar-refractivity contribution in [3.05, 3.63) is 59.7 Å². The number of nitrogens with one attached hydrogen (secondary N) is 1. The first kappa shape index (κ1) is 19.4. The number of carbonyl (C=O) groups is 1. The smallest absolute Gasteiger partial charge is 0.255 e. The summed E-state index contributed by atoms with van der Waals surface area (Å²) in [5.74, 6) is -2.07. The standard InChI is InChI=1S/C19H20F2N2O3S/c1-13-3-2-8-23(12-13)27(25,26)18-6-4-17(5-7-18)22-19(24)14-9-15(20)11-16(21)10-14/h4-7,9-11,13H,2-3,8,12H2,1H3,(H,22,24). The van der Waals surface area contributed by atoms with Crippen LogP contribution in [0.3, 0.4) is 0 Å². The van der Waals surface area contributed by atoms with Crippen molar-refractivity contribution in [2.75, 3.05) is 18.4 Å². The van der Waals surface area contributed by atoms with E-state index in [1.807, 2.05) is 6.92 Å². The van der Waals surface area contributed by atoms with Crippen molar-refractivity contribution in [1.82, 2.24) is 4.31 Å². The van der Waals surface area contributed by atoms with Gasteiger partial charge in [-0.05, 0) is 55.2 Å². The Labute approximate surface area is 157 Å². The van der Waals surface area contributed by atoms with Gasteiger partial charge in [0.15, 0.2) is 0 Å². The molecule has 2 aromatic carbocycles. The summed E-state index contributed by atoms with van der Waals surface area (Å²) < 4.78 is 53.4. The quantitative estimate of drug-likeness (QED) is 0.861. The number of benzene rings is 2. The van der Waals surface area contributed by atoms with Crippen LogP contribution < -0.4 is 5.32 Å². The number of piperidine rings is 1. The second-order valence-corrected chi connectivity index (χ2v) is 8.69. The highest BCUT2D eigenvalue weighted by Gasteiger charge is 2.28. The molecule has 0 aromatic heterocycles. The van der Waals surface area contributed by atoms with Gasteiger partial charge < -0.3 is 5.32 Å². The van der Waals surface area contributed by atoms with Crippen LogP contribution in [0.15, 0.2) is 47.4 Å². The fourth-order valence-electron chi connectivity index (χ4n) is 3.11. The first-order valence-corrected chi connectivity index (χ1v) is 10.1. The van der Waals surface area contributed by atoms with E-state index in [1.165, 1.54) is 28.6 Å². The van der Waals surface area contributed by atoms with Crippen molar-refractivity contribution in [3.8, 4) is 0 Å². The van der Waals surface area contributed by atoms with E-state index in [1.54, 1.807) is 0 Å². The molecule has 0 aliphatic carbocycles. The molecule has 1 unspecified atom stereocenters. The largest absolute Gasteiger partial charge is 0.322 e. The molecule has 1 aliphatic rings. The number of anilines is 1. The summed E-state index contributed by atoms with van der Waals surface area (Å²) in [5, 5.41) is 2.50. The van der Waals surface area contributed by atoms with E-state index >= 15 is 0 Å². The highest BCUT2D eigenvalue weighted by molar-refractivity contribution is 7.89. The Morgan fingerprint density at radius 3 is 2.33 bits per heavy atom. The fourth-order valence-corrected chi connectivity index (χ4v) is 4.71. The average Bonchev–Trinajstić information content (AvgIpc) is 2.61. The molecule has 144 valence electrons. The number of nitrogens with zero attached hydrogens (tertiary/aromatic N) is 1. The molecule has 1 heterocycles. The normalized spacial score (nSPS) is 18.3. The Bertz CT molecular complexity index is 926. The summed E-state index contributed by atoms with van der Waals surface area (Å²) >= 11 is 0. The molecule has 27 heavy (non-hydrogen) atoms. The van der Waals surface area contributed by atoms with E-state index in [2.05, 4.69) is 5.32 Å². The van der Waals surface area contributed by atoms with Crippen LogP contribution in [0.1, 0.15) is 30.1 Å². The molecule has 1 N–H and O–H groups in total. The van der Waals surface area contributed by atoms with Gasteiger partial charge in [0.1, 0.15) is 11.6 Å². The van der Waals surface area contributed by atoms with Gasteiger partial charge in [-0.25, -0.2) is 17.2 Å². The molecule has 0 spiro atoms. The monoisotopic (exact) mass is 394 g/mol. The summed E-state index contributed by atoms with van der Waals surface area (Å²) in [6.07, 6.45) is 1.84. The van der Waals surface area contributed by atoms with Gasteiger partial charge in [-0.1, -0.05) is 6.92 Å². The van der Waals surface area contributed by atoms with Crippen LogP contribution >= 0.6 is 0 Å². The van der Waals surface area contributed by atoms with Crippen molar-refractivity contribution in [2.45, 2.75) is 24.7 Å². The number of sulfonamides is 1. The highest BCUT2D eigenvalue weighted by atomic mass is 32.2. The van der Waals surface area contributed by atoms with Gasteiger partial charge in [0.05, 0.1) is 4.90 Å².